The first kappa shape index (κ1) is 107. The third kappa shape index (κ3) is 23.0. The van der Waals surface area contributed by atoms with E-state index in [1.165, 1.54) is 11.6 Å². The maximum Gasteiger partial charge on any atom is 2.00 e. The maximum atomic E-state index is 15.5. The predicted molar refractivity (Wildman–Crippen MR) is 534 cm³/mol. The van der Waals surface area contributed by atoms with Gasteiger partial charge >= 0.3 is 90.4 Å². The number of aromatic nitrogens is 12. The van der Waals surface area contributed by atoms with Crippen LogP contribution in [0.1, 0.15) is 183 Å². The molecule has 0 saturated heterocycles. The van der Waals surface area contributed by atoms with Crippen LogP contribution in [0.3, 0.4) is 0 Å². The topological polar surface area (TPSA) is 182 Å². The van der Waals surface area contributed by atoms with E-state index in [-0.39, 0.29) is 129 Å². The normalized spacial score (nSPS) is 11.9. The number of halogens is 5. The molecule has 24 heteroatoms. The van der Waals surface area contributed by atoms with Crippen LogP contribution in [-0.4, -0.2) is 76.1 Å². The average molecular weight is 2620 g/mol. The number of imidazole rings is 1. The van der Waals surface area contributed by atoms with Gasteiger partial charge in [0.15, 0.2) is 5.82 Å². The first-order valence-corrected chi connectivity index (χ1v) is 45.3. The molecule has 0 N–H and O–H groups in total. The standard InChI is InChI=1S/C33H26F2N4O.C30H22F3N3.C28H27N3.C28H20N2O2.4Pt/c1-19(40)29-23(34)17-16-21(30(29)35)33(2,3)22-11-8-15-27-31(22)37-32(39(27)5)25-13-9-12-24(36-25)28-18-20-10-6-7-14-26(20)38(28)4;1-29(2,24-13-6-11-22(19-24)21-9-4-3-5-10-21)27-17-18-36(35-27)28-16-8-15-26(34-28)23-12-7-14-25(20-23)30(31,32)33;1-27(2,3)21-13-9-14-22(17-21)28(4,5)26-16-10-15-23(31-26)25-19-29-18-24(30-25)20-11-7-6-8-12-20;1-28(2,3)21-15-19-14-20(16-21)27(32)25-12-6-11-24(30-25)23-10-5-9-22(29-23)17-7-4-8-18(13-17)26(19)31;;;;/h6-15,17H,1-5H3;3-11,14-20H,1-2H3;6-11,13,15-19H,1-5H3;4-12,15-16H,1-3H3;;;;/q4*-2;4*+2. The summed E-state index contributed by atoms with van der Waals surface area (Å²) in [5.74, 6) is -1.86. The van der Waals surface area contributed by atoms with E-state index in [0.29, 0.717) is 67.9 Å². The fourth-order valence-electron chi connectivity index (χ4n) is 16.8. The minimum atomic E-state index is -4.43. The third-order valence-corrected chi connectivity index (χ3v) is 25.0. The molecule has 8 bridgehead atoms. The number of ketones is 3. The summed E-state index contributed by atoms with van der Waals surface area (Å²) in [6, 6.07) is 113. The Morgan fingerprint density at radius 1 is 0.378 bits per heavy atom. The fraction of sp³-hybridized carbons (Fsp3) is 0.176. The van der Waals surface area contributed by atoms with Gasteiger partial charge in [0.2, 0.25) is 0 Å². The van der Waals surface area contributed by atoms with E-state index in [0.717, 1.165) is 120 Å². The largest absolute Gasteiger partial charge is 2.00 e. The molecule has 0 fully saturated rings. The minimum absolute atomic E-state index is 0. The van der Waals surface area contributed by atoms with Crippen LogP contribution in [0.5, 0.6) is 0 Å². The third-order valence-electron chi connectivity index (χ3n) is 25.0. The van der Waals surface area contributed by atoms with Crippen molar-refractivity contribution in [1.82, 2.24) is 58.8 Å². The molecule has 20 rings (SSSR count). The van der Waals surface area contributed by atoms with Crippen LogP contribution in [0.15, 0.2) is 304 Å². The van der Waals surface area contributed by atoms with Gasteiger partial charge < -0.3 is 18.7 Å². The van der Waals surface area contributed by atoms with Gasteiger partial charge in [0.05, 0.1) is 57.1 Å². The number of fused-ring (bicyclic) bond motifs is 12. The van der Waals surface area contributed by atoms with Crippen LogP contribution >= 0.6 is 0 Å². The summed E-state index contributed by atoms with van der Waals surface area (Å²) in [5, 5.41) is 5.78. The Morgan fingerprint density at radius 3 is 1.60 bits per heavy atom. The molecule has 1 aliphatic rings. The van der Waals surface area contributed by atoms with Gasteiger partial charge in [-0.2, -0.15) is 84.0 Å². The molecule has 0 atom stereocenters. The first-order chi connectivity index (χ1) is 66.3. The summed E-state index contributed by atoms with van der Waals surface area (Å²) in [6.45, 7) is 26.2. The summed E-state index contributed by atoms with van der Waals surface area (Å²) in [5.41, 5.74) is 18.8. The van der Waals surface area contributed by atoms with Crippen molar-refractivity contribution >= 4 is 39.3 Å². The zero-order valence-corrected chi connectivity index (χ0v) is 89.7. The van der Waals surface area contributed by atoms with E-state index in [9.17, 15) is 31.9 Å². The number of rotatable bonds is 14. The number of carbonyl (C=O) groups is 3. The monoisotopic (exact) mass is 2610 g/mol. The van der Waals surface area contributed by atoms with E-state index in [1.807, 2.05) is 229 Å². The van der Waals surface area contributed by atoms with Gasteiger partial charge in [0.1, 0.15) is 23.2 Å². The molecule has 15 nitrogen and oxygen atoms in total. The summed E-state index contributed by atoms with van der Waals surface area (Å²) in [7, 11) is 3.91. The minimum Gasteiger partial charge on any atom is -0.397 e. The average Bonchev–Trinajstić information content (AvgIpc) is 1.63. The van der Waals surface area contributed by atoms with Crippen molar-refractivity contribution in [3.8, 4) is 96.4 Å². The number of alkyl halides is 3. The van der Waals surface area contributed by atoms with Crippen LogP contribution in [-0.2, 0) is 132 Å². The van der Waals surface area contributed by atoms with Crippen molar-refractivity contribution in [2.45, 2.75) is 123 Å². The Bertz CT molecular complexity index is 7830. The number of carbonyl (C=O) groups excluding carboxylic acids is 3. The number of benzene rings is 10. The molecule has 9 aromatic heterocycles. The van der Waals surface area contributed by atoms with Gasteiger partial charge in [-0.15, -0.1) is 160 Å². The number of hydrogen-bond donors (Lipinski definition) is 0. The van der Waals surface area contributed by atoms with Crippen LogP contribution in [0.25, 0.3) is 118 Å². The van der Waals surface area contributed by atoms with Crippen LogP contribution in [0.4, 0.5) is 22.0 Å². The van der Waals surface area contributed by atoms with E-state index in [1.54, 1.807) is 65.7 Å². The molecule has 0 aliphatic carbocycles. The van der Waals surface area contributed by atoms with E-state index in [4.69, 9.17) is 30.0 Å². The molecule has 10 heterocycles. The molecule has 10 aromatic carbocycles. The van der Waals surface area contributed by atoms with Crippen molar-refractivity contribution in [3.63, 3.8) is 0 Å². The van der Waals surface area contributed by atoms with Crippen LogP contribution < -0.4 is 0 Å². The van der Waals surface area contributed by atoms with Crippen LogP contribution in [0, 0.1) is 60.2 Å². The van der Waals surface area contributed by atoms with Gasteiger partial charge in [-0.3, -0.25) is 48.5 Å². The Balaban J connectivity index is 0.000000159. The van der Waals surface area contributed by atoms with Crippen molar-refractivity contribution in [2.24, 2.45) is 14.1 Å². The Hall–Kier alpha value is -13.3. The molecule has 19 aromatic rings. The summed E-state index contributed by atoms with van der Waals surface area (Å²) in [6.07, 6.45) is 0.896. The molecule has 143 heavy (non-hydrogen) atoms. The number of hydrogen-bond acceptors (Lipinski definition) is 12. The quantitative estimate of drug-likeness (QED) is 0.0571. The zero-order valence-electron chi connectivity index (χ0n) is 80.6. The van der Waals surface area contributed by atoms with Crippen molar-refractivity contribution in [3.05, 3.63) is 442 Å². The molecular formula is C119H95F5N12O3Pt4. The van der Waals surface area contributed by atoms with E-state index < -0.39 is 45.6 Å². The smallest absolute Gasteiger partial charge is 0.397 e. The molecule has 724 valence electrons. The summed E-state index contributed by atoms with van der Waals surface area (Å²) >= 11 is 0. The maximum absolute atomic E-state index is 15.5. The summed E-state index contributed by atoms with van der Waals surface area (Å²) in [4.78, 5) is 76.8. The number of pyridine rings is 5. The number of Topliss-reactive ketones (excluding diaryl/α,β-unsaturated/α-hetero) is 1. The molecular weight excluding hydrogens is 2520 g/mol. The number of nitrogens with zero attached hydrogens (tertiary/aromatic N) is 12. The predicted octanol–water partition coefficient (Wildman–Crippen LogP) is 26.7. The second-order valence-electron chi connectivity index (χ2n) is 37.7. The van der Waals surface area contributed by atoms with Crippen molar-refractivity contribution in [2.75, 3.05) is 0 Å². The first-order valence-electron chi connectivity index (χ1n) is 45.3. The van der Waals surface area contributed by atoms with Crippen molar-refractivity contribution in [1.29, 1.82) is 0 Å². The SMILES string of the molecule is CC(=O)c1c(F)c[c-]c(C(C)(C)c2cccc3c2nc(-c2cccc(-c4[c-]c5ccccc5n4C)n2)n3C)c1F.CC(C)(C)c1cc2[c-]c(c1)C(=O)c1cccc(n1)-c1cccc(n1)-c1[c-]c(ccc1)C2=O.CC(C)(C)c1cc[c-]c(C(C)(C)c2cccc(-c3cncc(-c4[c-]cccc4)n3)n2)c1.CC(C)(c1[c-]ccc(-c2ccccc2)c1)c1ccn(-c2cccc(-c3[c-]ccc(C(F)(F)F)c3)n2)n1.[Pt+2].[Pt+2].[Pt+2].[Pt+2]. The molecule has 0 amide bonds. The van der Waals surface area contributed by atoms with Crippen LogP contribution in [0.2, 0.25) is 0 Å². The number of para-hydroxylation sites is 2. The molecule has 0 spiro atoms. The molecule has 1 aliphatic heterocycles. The Morgan fingerprint density at radius 2 is 0.909 bits per heavy atom. The second kappa shape index (κ2) is 43.9. The second-order valence-corrected chi connectivity index (χ2v) is 37.7. The molecule has 0 unspecified atom stereocenters. The van der Waals surface area contributed by atoms with Crippen molar-refractivity contribution < 1.29 is 121 Å². The van der Waals surface area contributed by atoms with Gasteiger partial charge in [-0.25, -0.2) is 9.67 Å². The Labute approximate surface area is 887 Å². The van der Waals surface area contributed by atoms with Gasteiger partial charge in [-0.05, 0) is 117 Å². The summed E-state index contributed by atoms with van der Waals surface area (Å²) < 4.78 is 74.9. The van der Waals surface area contributed by atoms with Gasteiger partial charge in [0, 0.05) is 71.7 Å². The number of aryl methyl sites for hydroxylation is 2. The molecule has 0 radical (unpaired) electrons. The fourth-order valence-corrected chi connectivity index (χ4v) is 16.8. The van der Waals surface area contributed by atoms with E-state index in [2.05, 4.69) is 159 Å². The Kier molecular flexibility index (Phi) is 32.8. The van der Waals surface area contributed by atoms with E-state index >= 15 is 4.39 Å². The zero-order chi connectivity index (χ0) is 98.2. The van der Waals surface area contributed by atoms with Gasteiger partial charge in [-0.1, -0.05) is 208 Å². The van der Waals surface area contributed by atoms with Gasteiger partial charge in [0.25, 0.3) is 0 Å². The molecule has 0 saturated carbocycles.